The number of aryl methyl sites for hydroxylation is 1. The number of benzene rings is 1. The van der Waals surface area contributed by atoms with Gasteiger partial charge in [-0.1, -0.05) is 11.3 Å². The molecule has 0 saturated heterocycles. The molecule has 25 heavy (non-hydrogen) atoms. The van der Waals surface area contributed by atoms with E-state index in [9.17, 15) is 13.2 Å². The normalized spacial score (nSPS) is 12.3. The van der Waals surface area contributed by atoms with Crippen LogP contribution in [-0.4, -0.2) is 26.0 Å². The van der Waals surface area contributed by atoms with E-state index in [1.54, 1.807) is 17.1 Å². The van der Waals surface area contributed by atoms with Crippen molar-refractivity contribution < 1.29 is 13.2 Å². The van der Waals surface area contributed by atoms with Crippen LogP contribution in [0.25, 0.3) is 11.4 Å². The molecule has 1 atom stereocenters. The standard InChI is InChI=1S/C17H16F3N5/c18-13-9-15(20)14(19)8-11(13)7-12(21)4-6-25-10-17(23-24-25)16-3-1-2-5-22-16/h1-3,5,8-10,12H,4,6-7,21H2/t12-/m0/s1. The number of nitrogens with zero attached hydrogens (tertiary/aromatic N) is 4. The third-order valence-corrected chi connectivity index (χ3v) is 3.77. The first kappa shape index (κ1) is 17.1. The van der Waals surface area contributed by atoms with Gasteiger partial charge in [0.05, 0.1) is 11.9 Å². The smallest absolute Gasteiger partial charge is 0.161 e. The summed E-state index contributed by atoms with van der Waals surface area (Å²) in [6.07, 6.45) is 3.99. The van der Waals surface area contributed by atoms with Crippen molar-refractivity contribution in [2.45, 2.75) is 25.4 Å². The van der Waals surface area contributed by atoms with Gasteiger partial charge in [-0.3, -0.25) is 9.67 Å². The Morgan fingerprint density at radius 2 is 1.84 bits per heavy atom. The molecule has 0 aliphatic rings. The Labute approximate surface area is 142 Å². The Bertz CT molecular complexity index is 851. The fourth-order valence-corrected chi connectivity index (χ4v) is 2.44. The van der Waals surface area contributed by atoms with Gasteiger partial charge in [0.1, 0.15) is 11.5 Å². The fraction of sp³-hybridized carbons (Fsp3) is 0.235. The molecule has 130 valence electrons. The van der Waals surface area contributed by atoms with Gasteiger partial charge in [0.15, 0.2) is 11.6 Å². The summed E-state index contributed by atoms with van der Waals surface area (Å²) in [5.74, 6) is -3.09. The largest absolute Gasteiger partial charge is 0.327 e. The van der Waals surface area contributed by atoms with Crippen LogP contribution >= 0.6 is 0 Å². The zero-order valence-electron chi connectivity index (χ0n) is 13.2. The lowest BCUT2D eigenvalue weighted by molar-refractivity contribution is 0.473. The van der Waals surface area contributed by atoms with Gasteiger partial charge in [0, 0.05) is 24.8 Å². The first-order valence-corrected chi connectivity index (χ1v) is 7.73. The lowest BCUT2D eigenvalue weighted by atomic mass is 10.0. The first-order valence-electron chi connectivity index (χ1n) is 7.73. The van der Waals surface area contributed by atoms with Gasteiger partial charge in [-0.15, -0.1) is 5.10 Å². The van der Waals surface area contributed by atoms with Gasteiger partial charge in [-0.05, 0) is 36.6 Å². The molecular weight excluding hydrogens is 331 g/mol. The minimum Gasteiger partial charge on any atom is -0.327 e. The minimum atomic E-state index is -1.21. The van der Waals surface area contributed by atoms with Crippen LogP contribution in [0.2, 0.25) is 0 Å². The molecule has 1 aromatic carbocycles. The second-order valence-electron chi connectivity index (χ2n) is 5.69. The highest BCUT2D eigenvalue weighted by molar-refractivity contribution is 5.51. The van der Waals surface area contributed by atoms with E-state index in [1.807, 2.05) is 18.2 Å². The topological polar surface area (TPSA) is 69.6 Å². The Kier molecular flexibility index (Phi) is 5.08. The lowest BCUT2D eigenvalue weighted by Crippen LogP contribution is -2.25. The van der Waals surface area contributed by atoms with Crippen LogP contribution < -0.4 is 5.73 Å². The average molecular weight is 347 g/mol. The summed E-state index contributed by atoms with van der Waals surface area (Å²) >= 11 is 0. The van der Waals surface area contributed by atoms with Crippen LogP contribution in [0.15, 0.2) is 42.7 Å². The van der Waals surface area contributed by atoms with Gasteiger partial charge in [0.2, 0.25) is 0 Å². The zero-order chi connectivity index (χ0) is 17.8. The molecule has 0 saturated carbocycles. The molecular formula is C17H16F3N5. The van der Waals surface area contributed by atoms with Crippen molar-refractivity contribution >= 4 is 0 Å². The van der Waals surface area contributed by atoms with Crippen LogP contribution in [0.3, 0.4) is 0 Å². The number of rotatable bonds is 6. The average Bonchev–Trinajstić information content (AvgIpc) is 3.08. The third kappa shape index (κ3) is 4.21. The molecule has 0 fully saturated rings. The van der Waals surface area contributed by atoms with E-state index in [1.165, 1.54) is 0 Å². The van der Waals surface area contributed by atoms with E-state index in [0.717, 1.165) is 6.07 Å². The first-order chi connectivity index (χ1) is 12.0. The van der Waals surface area contributed by atoms with Crippen LogP contribution in [0.5, 0.6) is 0 Å². The molecule has 8 heteroatoms. The quantitative estimate of drug-likeness (QED) is 0.696. The van der Waals surface area contributed by atoms with Gasteiger partial charge in [-0.25, -0.2) is 13.2 Å². The molecule has 0 bridgehead atoms. The summed E-state index contributed by atoms with van der Waals surface area (Å²) in [5, 5.41) is 8.04. The SMILES string of the molecule is N[C@@H](CCn1cc(-c2ccccn2)nn1)Cc1cc(F)c(F)cc1F. The summed E-state index contributed by atoms with van der Waals surface area (Å²) in [4.78, 5) is 4.19. The zero-order valence-corrected chi connectivity index (χ0v) is 13.2. The van der Waals surface area contributed by atoms with Gasteiger partial charge in [-0.2, -0.15) is 0 Å². The molecule has 2 heterocycles. The van der Waals surface area contributed by atoms with Crippen LogP contribution in [0.1, 0.15) is 12.0 Å². The summed E-state index contributed by atoms with van der Waals surface area (Å²) in [5.41, 5.74) is 7.38. The molecule has 0 unspecified atom stereocenters. The maximum atomic E-state index is 13.6. The second kappa shape index (κ2) is 7.43. The van der Waals surface area contributed by atoms with Crippen molar-refractivity contribution in [2.24, 2.45) is 5.73 Å². The van der Waals surface area contributed by atoms with Crippen LogP contribution in [-0.2, 0) is 13.0 Å². The Morgan fingerprint density at radius 1 is 1.04 bits per heavy atom. The van der Waals surface area contributed by atoms with E-state index in [4.69, 9.17) is 5.73 Å². The summed E-state index contributed by atoms with van der Waals surface area (Å²) in [7, 11) is 0. The molecule has 0 radical (unpaired) electrons. The molecule has 2 aromatic heterocycles. The van der Waals surface area contributed by atoms with E-state index in [0.29, 0.717) is 30.4 Å². The number of aromatic nitrogens is 4. The molecule has 3 aromatic rings. The van der Waals surface area contributed by atoms with Gasteiger partial charge >= 0.3 is 0 Å². The second-order valence-corrected chi connectivity index (χ2v) is 5.69. The van der Waals surface area contributed by atoms with Crippen molar-refractivity contribution in [3.8, 4) is 11.4 Å². The molecule has 0 aliphatic carbocycles. The van der Waals surface area contributed by atoms with Crippen molar-refractivity contribution in [1.82, 2.24) is 20.0 Å². The summed E-state index contributed by atoms with van der Waals surface area (Å²) in [6, 6.07) is 6.44. The number of halogens is 3. The summed E-state index contributed by atoms with van der Waals surface area (Å²) in [6.45, 7) is 0.465. The molecule has 3 rings (SSSR count). The van der Waals surface area contributed by atoms with Gasteiger partial charge in [0.25, 0.3) is 0 Å². The highest BCUT2D eigenvalue weighted by Gasteiger charge is 2.13. The Balaban J connectivity index is 1.59. The van der Waals surface area contributed by atoms with Crippen molar-refractivity contribution in [2.75, 3.05) is 0 Å². The number of nitrogens with two attached hydrogens (primary N) is 1. The number of hydrogen-bond acceptors (Lipinski definition) is 4. The highest BCUT2D eigenvalue weighted by atomic mass is 19.2. The summed E-state index contributed by atoms with van der Waals surface area (Å²) < 4.78 is 41.4. The third-order valence-electron chi connectivity index (χ3n) is 3.77. The van der Waals surface area contributed by atoms with E-state index >= 15 is 0 Å². The van der Waals surface area contributed by atoms with E-state index in [-0.39, 0.29) is 12.0 Å². The molecule has 5 nitrogen and oxygen atoms in total. The van der Waals surface area contributed by atoms with E-state index < -0.39 is 23.5 Å². The van der Waals surface area contributed by atoms with Crippen molar-refractivity contribution in [3.63, 3.8) is 0 Å². The van der Waals surface area contributed by atoms with Crippen LogP contribution in [0.4, 0.5) is 13.2 Å². The fourth-order valence-electron chi connectivity index (χ4n) is 2.44. The Hall–Kier alpha value is -2.74. The molecule has 0 aliphatic heterocycles. The number of pyridine rings is 1. The molecule has 0 amide bonds. The van der Waals surface area contributed by atoms with Crippen molar-refractivity contribution in [1.29, 1.82) is 0 Å². The van der Waals surface area contributed by atoms with Gasteiger partial charge < -0.3 is 5.73 Å². The maximum absolute atomic E-state index is 13.6. The monoisotopic (exact) mass is 347 g/mol. The van der Waals surface area contributed by atoms with Crippen molar-refractivity contribution in [3.05, 3.63) is 65.7 Å². The highest BCUT2D eigenvalue weighted by Crippen LogP contribution is 2.16. The molecule has 2 N–H and O–H groups in total. The van der Waals surface area contributed by atoms with Crippen LogP contribution in [0, 0.1) is 17.5 Å². The lowest BCUT2D eigenvalue weighted by Gasteiger charge is -2.12. The number of hydrogen-bond donors (Lipinski definition) is 1. The Morgan fingerprint density at radius 3 is 2.60 bits per heavy atom. The van der Waals surface area contributed by atoms with E-state index in [2.05, 4.69) is 15.3 Å². The predicted molar refractivity (Wildman–Crippen MR) is 85.9 cm³/mol. The minimum absolute atomic E-state index is 0.0548. The maximum Gasteiger partial charge on any atom is 0.161 e. The molecule has 0 spiro atoms. The predicted octanol–water partition coefficient (Wildman–Crippen LogP) is 2.72.